The summed E-state index contributed by atoms with van der Waals surface area (Å²) in [5.74, 6) is 2.27. The second kappa shape index (κ2) is 11.2. The van der Waals surface area contributed by atoms with Crippen LogP contribution in [0.3, 0.4) is 0 Å². The number of nitrogens with one attached hydrogen (secondary N) is 2. The van der Waals surface area contributed by atoms with Crippen LogP contribution in [-0.4, -0.2) is 51.6 Å². The number of benzene rings is 1. The fourth-order valence-electron chi connectivity index (χ4n) is 3.39. The van der Waals surface area contributed by atoms with Gasteiger partial charge in [-0.2, -0.15) is 0 Å². The van der Waals surface area contributed by atoms with Gasteiger partial charge in [0.05, 0.1) is 6.10 Å². The number of nitrogens with zero attached hydrogens (tertiary/aromatic N) is 4. The topological polar surface area (TPSA) is 96.6 Å². The van der Waals surface area contributed by atoms with Crippen molar-refractivity contribution in [3.8, 4) is 0 Å². The molecule has 1 aromatic carbocycles. The van der Waals surface area contributed by atoms with Gasteiger partial charge in [-0.25, -0.2) is 4.99 Å². The first-order valence-electron chi connectivity index (χ1n) is 10.3. The van der Waals surface area contributed by atoms with E-state index in [1.807, 2.05) is 36.7 Å². The molecule has 0 radical (unpaired) electrons. The van der Waals surface area contributed by atoms with Crippen molar-refractivity contribution in [3.05, 3.63) is 46.9 Å². The molecule has 4 rings (SSSR count). The minimum Gasteiger partial charge on any atom is -0.386 e. The number of halogens is 1. The Morgan fingerprint density at radius 2 is 2.19 bits per heavy atom. The van der Waals surface area contributed by atoms with E-state index in [1.165, 1.54) is 4.70 Å². The third kappa shape index (κ3) is 6.15. The van der Waals surface area contributed by atoms with E-state index >= 15 is 0 Å². The number of rotatable bonds is 7. The molecule has 31 heavy (non-hydrogen) atoms. The molecule has 0 spiro atoms. The minimum atomic E-state index is -0.616. The zero-order valence-corrected chi connectivity index (χ0v) is 20.9. The van der Waals surface area contributed by atoms with E-state index in [0.717, 1.165) is 41.4 Å². The summed E-state index contributed by atoms with van der Waals surface area (Å²) in [5.41, 5.74) is 0. The number of thiophene rings is 1. The van der Waals surface area contributed by atoms with Crippen molar-refractivity contribution in [2.75, 3.05) is 19.7 Å². The number of aryl methyl sites for hydroxylation is 1. The maximum Gasteiger partial charge on any atom is 0.191 e. The molecular weight excluding hydrogens is 527 g/mol. The number of aliphatic hydroxyl groups is 1. The number of aliphatic hydroxyl groups excluding tert-OH is 1. The highest BCUT2D eigenvalue weighted by Gasteiger charge is 2.17. The van der Waals surface area contributed by atoms with Crippen LogP contribution in [0, 0.1) is 6.92 Å². The van der Waals surface area contributed by atoms with Crippen LogP contribution in [0.5, 0.6) is 0 Å². The number of hydrogen-bond acceptors (Lipinski definition) is 6. The van der Waals surface area contributed by atoms with Crippen molar-refractivity contribution in [1.29, 1.82) is 0 Å². The van der Waals surface area contributed by atoms with Crippen LogP contribution in [0.4, 0.5) is 0 Å². The van der Waals surface area contributed by atoms with Crippen LogP contribution < -0.4 is 10.6 Å². The standard InChI is InChI=1S/C21H28N6O2S.HI/c1-14-25-26-20(27(14)2)13-24-21(22-11-16-7-5-9-29-16)23-12-17(28)19-10-15-6-3-4-8-18(15)30-19;/h3-4,6,8,10,16-17,28H,5,7,9,11-13H2,1-2H3,(H2,22,23,24);1H. The second-order valence-electron chi connectivity index (χ2n) is 7.49. The van der Waals surface area contributed by atoms with Gasteiger partial charge in [0.1, 0.15) is 18.5 Å². The normalized spacial score (nSPS) is 17.5. The lowest BCUT2D eigenvalue weighted by Gasteiger charge is -2.17. The lowest BCUT2D eigenvalue weighted by Crippen LogP contribution is -2.42. The van der Waals surface area contributed by atoms with Crippen LogP contribution in [0.15, 0.2) is 35.3 Å². The Labute approximate surface area is 203 Å². The molecule has 10 heteroatoms. The largest absolute Gasteiger partial charge is 0.386 e. The summed E-state index contributed by atoms with van der Waals surface area (Å²) in [7, 11) is 1.93. The van der Waals surface area contributed by atoms with Gasteiger partial charge in [-0.3, -0.25) is 0 Å². The van der Waals surface area contributed by atoms with E-state index in [4.69, 9.17) is 4.74 Å². The predicted molar refractivity (Wildman–Crippen MR) is 134 cm³/mol. The zero-order valence-electron chi connectivity index (χ0n) is 17.7. The molecule has 0 aliphatic carbocycles. The lowest BCUT2D eigenvalue weighted by atomic mass is 10.2. The van der Waals surface area contributed by atoms with Crippen LogP contribution >= 0.6 is 35.3 Å². The quantitative estimate of drug-likeness (QED) is 0.235. The molecule has 1 aliphatic rings. The highest BCUT2D eigenvalue weighted by atomic mass is 127. The van der Waals surface area contributed by atoms with Gasteiger partial charge in [0.2, 0.25) is 0 Å². The van der Waals surface area contributed by atoms with Gasteiger partial charge in [0.15, 0.2) is 11.8 Å². The molecular formula is C21H29IN6O2S. The van der Waals surface area contributed by atoms with E-state index in [1.54, 1.807) is 11.3 Å². The molecule has 168 valence electrons. The fraction of sp³-hybridized carbons (Fsp3) is 0.476. The molecule has 2 aromatic heterocycles. The van der Waals surface area contributed by atoms with Gasteiger partial charge < -0.3 is 25.0 Å². The third-order valence-electron chi connectivity index (χ3n) is 5.32. The average Bonchev–Trinajstić information content (AvgIpc) is 3.49. The van der Waals surface area contributed by atoms with Crippen LogP contribution in [0.1, 0.15) is 35.5 Å². The Morgan fingerprint density at radius 3 is 2.90 bits per heavy atom. The number of guanidine groups is 1. The van der Waals surface area contributed by atoms with E-state index in [0.29, 0.717) is 25.6 Å². The highest BCUT2D eigenvalue weighted by Crippen LogP contribution is 2.29. The first kappa shape index (κ1) is 23.9. The first-order chi connectivity index (χ1) is 14.6. The molecule has 0 amide bonds. The van der Waals surface area contributed by atoms with Crippen molar-refractivity contribution in [3.63, 3.8) is 0 Å². The Morgan fingerprint density at radius 1 is 1.35 bits per heavy atom. The Hall–Kier alpha value is -1.76. The summed E-state index contributed by atoms with van der Waals surface area (Å²) in [6.07, 6.45) is 1.72. The van der Waals surface area contributed by atoms with Gasteiger partial charge in [-0.15, -0.1) is 45.5 Å². The van der Waals surface area contributed by atoms with Gasteiger partial charge in [0, 0.05) is 36.3 Å². The number of aromatic nitrogens is 3. The van der Waals surface area contributed by atoms with Crippen molar-refractivity contribution >= 4 is 51.4 Å². The maximum atomic E-state index is 10.7. The molecule has 1 saturated heterocycles. The highest BCUT2D eigenvalue weighted by molar-refractivity contribution is 14.0. The first-order valence-corrected chi connectivity index (χ1v) is 11.1. The molecule has 3 heterocycles. The molecule has 1 aliphatic heterocycles. The SMILES string of the molecule is Cc1nnc(CN=C(NCC2CCCO2)NCC(O)c2cc3ccccc3s2)n1C.I. The molecule has 2 atom stereocenters. The van der Waals surface area contributed by atoms with Crippen LogP contribution in [0.2, 0.25) is 0 Å². The third-order valence-corrected chi connectivity index (χ3v) is 6.54. The predicted octanol–water partition coefficient (Wildman–Crippen LogP) is 2.90. The molecule has 1 fully saturated rings. The van der Waals surface area contributed by atoms with Crippen molar-refractivity contribution in [1.82, 2.24) is 25.4 Å². The lowest BCUT2D eigenvalue weighted by molar-refractivity contribution is 0.113. The Balaban J connectivity index is 0.00000272. The summed E-state index contributed by atoms with van der Waals surface area (Å²) in [6, 6.07) is 10.2. The van der Waals surface area contributed by atoms with Crippen LogP contribution in [0.25, 0.3) is 10.1 Å². The fourth-order valence-corrected chi connectivity index (χ4v) is 4.44. The van der Waals surface area contributed by atoms with Gasteiger partial charge >= 0.3 is 0 Å². The van der Waals surface area contributed by atoms with E-state index in [-0.39, 0.29) is 30.1 Å². The van der Waals surface area contributed by atoms with Gasteiger partial charge in [0.25, 0.3) is 0 Å². The summed E-state index contributed by atoms with van der Waals surface area (Å²) < 4.78 is 8.80. The van der Waals surface area contributed by atoms with Gasteiger partial charge in [-0.05, 0) is 37.3 Å². The smallest absolute Gasteiger partial charge is 0.191 e. The average molecular weight is 556 g/mol. The van der Waals surface area contributed by atoms with Gasteiger partial charge in [-0.1, -0.05) is 18.2 Å². The number of hydrogen-bond donors (Lipinski definition) is 3. The number of fused-ring (bicyclic) bond motifs is 1. The monoisotopic (exact) mass is 556 g/mol. The molecule has 0 saturated carbocycles. The van der Waals surface area contributed by atoms with E-state index in [9.17, 15) is 5.11 Å². The van der Waals surface area contributed by atoms with Crippen molar-refractivity contribution < 1.29 is 9.84 Å². The van der Waals surface area contributed by atoms with Crippen molar-refractivity contribution in [2.45, 2.75) is 38.5 Å². The summed E-state index contributed by atoms with van der Waals surface area (Å²) >= 11 is 1.61. The summed E-state index contributed by atoms with van der Waals surface area (Å²) in [4.78, 5) is 5.58. The number of aliphatic imine (C=N–C) groups is 1. The number of ether oxygens (including phenoxy) is 1. The summed E-state index contributed by atoms with van der Waals surface area (Å²) in [5, 5.41) is 26.7. The Bertz CT molecular complexity index is 981. The van der Waals surface area contributed by atoms with Crippen molar-refractivity contribution in [2.24, 2.45) is 12.0 Å². The molecule has 3 N–H and O–H groups in total. The van der Waals surface area contributed by atoms with E-state index in [2.05, 4.69) is 38.0 Å². The molecule has 2 unspecified atom stereocenters. The molecule has 3 aromatic rings. The molecule has 0 bridgehead atoms. The second-order valence-corrected chi connectivity index (χ2v) is 8.60. The minimum absolute atomic E-state index is 0. The Kier molecular flexibility index (Phi) is 8.64. The maximum absolute atomic E-state index is 10.7. The summed E-state index contributed by atoms with van der Waals surface area (Å²) in [6.45, 7) is 4.17. The van der Waals surface area contributed by atoms with E-state index < -0.39 is 6.10 Å². The van der Waals surface area contributed by atoms with Crippen LogP contribution in [-0.2, 0) is 18.3 Å². The molecule has 8 nitrogen and oxygen atoms in total. The zero-order chi connectivity index (χ0) is 20.9.